The number of aromatic nitrogens is 1. The first-order valence-corrected chi connectivity index (χ1v) is 10.3. The summed E-state index contributed by atoms with van der Waals surface area (Å²) in [4.78, 5) is 21.8. The third-order valence-electron chi connectivity index (χ3n) is 4.24. The number of nitrogens with one attached hydrogen (secondary N) is 2. The monoisotopic (exact) mass is 473 g/mol. The first-order chi connectivity index (χ1) is 15.0. The second-order valence-electron chi connectivity index (χ2n) is 6.30. The molecule has 2 aromatic carbocycles. The fraction of sp³-hybridized carbons (Fsp3) is 0.0435. The van der Waals surface area contributed by atoms with Gasteiger partial charge in [-0.2, -0.15) is 0 Å². The summed E-state index contributed by atoms with van der Waals surface area (Å²) in [6, 6.07) is 18.5. The topological polar surface area (TPSA) is 63.2 Å². The van der Waals surface area contributed by atoms with E-state index in [1.165, 1.54) is 12.3 Å². The number of nitrogens with zero attached hydrogens (tertiary/aromatic N) is 1. The molecule has 0 aliphatic heterocycles. The van der Waals surface area contributed by atoms with Gasteiger partial charge in [-0.15, -0.1) is 0 Å². The van der Waals surface area contributed by atoms with Gasteiger partial charge in [0.05, 0.1) is 17.9 Å². The van der Waals surface area contributed by atoms with Crippen LogP contribution in [0.3, 0.4) is 0 Å². The first-order valence-electron chi connectivity index (χ1n) is 9.15. The molecular weight excluding hydrogens is 457 g/mol. The molecule has 0 bridgehead atoms. The molecule has 0 aliphatic carbocycles. The molecule has 0 atom stereocenters. The van der Waals surface area contributed by atoms with Crippen molar-refractivity contribution < 1.29 is 9.63 Å². The van der Waals surface area contributed by atoms with Crippen molar-refractivity contribution in [3.63, 3.8) is 0 Å². The standard InChI is InChI=1S/C23H18Cl3N3O2/c1-15(29-31-14-12-21(24)25)16-8-10-17(11-9-16)18-5-2-3-7-20(18)28-23(30)19-6-4-13-27-22(19)26/h2-13,29H,1,14H2,(H,28,30). The zero-order valence-corrected chi connectivity index (χ0v) is 18.5. The predicted molar refractivity (Wildman–Crippen MR) is 127 cm³/mol. The molecule has 0 saturated carbocycles. The van der Waals surface area contributed by atoms with Crippen LogP contribution in [0.1, 0.15) is 15.9 Å². The number of amides is 1. The Balaban J connectivity index is 1.73. The lowest BCUT2D eigenvalue weighted by molar-refractivity contribution is 0.102. The van der Waals surface area contributed by atoms with Crippen LogP contribution in [0.15, 0.2) is 84.0 Å². The Morgan fingerprint density at radius 3 is 2.52 bits per heavy atom. The highest BCUT2D eigenvalue weighted by molar-refractivity contribution is 6.55. The van der Waals surface area contributed by atoms with Crippen LogP contribution in [0.4, 0.5) is 5.69 Å². The Morgan fingerprint density at radius 1 is 1.06 bits per heavy atom. The number of halogens is 3. The van der Waals surface area contributed by atoms with Crippen molar-refractivity contribution in [2.45, 2.75) is 0 Å². The highest BCUT2D eigenvalue weighted by atomic mass is 35.5. The summed E-state index contributed by atoms with van der Waals surface area (Å²) in [5.41, 5.74) is 6.91. The predicted octanol–water partition coefficient (Wildman–Crippen LogP) is 6.47. The third kappa shape index (κ3) is 6.32. The second kappa shape index (κ2) is 11.0. The quantitative estimate of drug-likeness (QED) is 0.223. The van der Waals surface area contributed by atoms with Gasteiger partial charge in [-0.25, -0.2) is 4.98 Å². The van der Waals surface area contributed by atoms with Gasteiger partial charge in [-0.05, 0) is 35.4 Å². The van der Waals surface area contributed by atoms with Gasteiger partial charge in [0.1, 0.15) is 9.64 Å². The van der Waals surface area contributed by atoms with Gasteiger partial charge < -0.3 is 5.32 Å². The Kier molecular flexibility index (Phi) is 8.09. The number of rotatable bonds is 8. The SMILES string of the molecule is C=C(NOCC=C(Cl)Cl)c1ccc(-c2ccccc2NC(=O)c2cccnc2Cl)cc1. The van der Waals surface area contributed by atoms with E-state index < -0.39 is 0 Å². The Morgan fingerprint density at radius 2 is 1.81 bits per heavy atom. The summed E-state index contributed by atoms with van der Waals surface area (Å²) in [5, 5.41) is 3.06. The van der Waals surface area contributed by atoms with Crippen molar-refractivity contribution in [3.8, 4) is 11.1 Å². The summed E-state index contributed by atoms with van der Waals surface area (Å²) in [6.07, 6.45) is 3.04. The van der Waals surface area contributed by atoms with E-state index in [0.717, 1.165) is 16.7 Å². The van der Waals surface area contributed by atoms with Crippen LogP contribution in [0.5, 0.6) is 0 Å². The number of para-hydroxylation sites is 1. The number of anilines is 1. The van der Waals surface area contributed by atoms with E-state index in [2.05, 4.69) is 22.4 Å². The van der Waals surface area contributed by atoms with E-state index >= 15 is 0 Å². The third-order valence-corrected chi connectivity index (χ3v) is 4.85. The molecule has 158 valence electrons. The molecule has 0 spiro atoms. The van der Waals surface area contributed by atoms with E-state index in [1.807, 2.05) is 48.5 Å². The highest BCUT2D eigenvalue weighted by Crippen LogP contribution is 2.29. The lowest BCUT2D eigenvalue weighted by Gasteiger charge is -2.13. The molecule has 1 aromatic heterocycles. The van der Waals surface area contributed by atoms with E-state index in [1.54, 1.807) is 12.1 Å². The summed E-state index contributed by atoms with van der Waals surface area (Å²) >= 11 is 17.1. The van der Waals surface area contributed by atoms with E-state index in [4.69, 9.17) is 39.6 Å². The summed E-state index contributed by atoms with van der Waals surface area (Å²) in [6.45, 7) is 4.15. The summed E-state index contributed by atoms with van der Waals surface area (Å²) in [7, 11) is 0. The van der Waals surface area contributed by atoms with Crippen LogP contribution in [-0.4, -0.2) is 17.5 Å². The fourth-order valence-electron chi connectivity index (χ4n) is 2.73. The van der Waals surface area contributed by atoms with Gasteiger partial charge in [0, 0.05) is 17.4 Å². The van der Waals surface area contributed by atoms with Crippen LogP contribution >= 0.6 is 34.8 Å². The van der Waals surface area contributed by atoms with Crippen LogP contribution in [0.25, 0.3) is 16.8 Å². The van der Waals surface area contributed by atoms with Gasteiger partial charge in [-0.1, -0.05) is 83.8 Å². The molecule has 1 heterocycles. The minimum Gasteiger partial charge on any atom is -0.321 e. The molecule has 0 unspecified atom stereocenters. The molecule has 3 aromatic rings. The van der Waals surface area contributed by atoms with Gasteiger partial charge in [0.2, 0.25) is 0 Å². The summed E-state index contributed by atoms with van der Waals surface area (Å²) in [5.74, 6) is -0.331. The molecule has 5 nitrogen and oxygen atoms in total. The zero-order chi connectivity index (χ0) is 22.2. The van der Waals surface area contributed by atoms with Crippen LogP contribution < -0.4 is 10.8 Å². The maximum absolute atomic E-state index is 12.6. The molecule has 2 N–H and O–H groups in total. The van der Waals surface area contributed by atoms with Crippen molar-refractivity contribution in [2.24, 2.45) is 0 Å². The number of hydrogen-bond acceptors (Lipinski definition) is 4. The van der Waals surface area contributed by atoms with Crippen molar-refractivity contribution in [3.05, 3.63) is 100 Å². The highest BCUT2D eigenvalue weighted by Gasteiger charge is 2.13. The van der Waals surface area contributed by atoms with Gasteiger partial charge in [0.25, 0.3) is 5.91 Å². The van der Waals surface area contributed by atoms with Crippen molar-refractivity contribution in [1.82, 2.24) is 10.5 Å². The molecule has 0 aliphatic rings. The largest absolute Gasteiger partial charge is 0.321 e. The van der Waals surface area contributed by atoms with E-state index in [0.29, 0.717) is 16.9 Å². The van der Waals surface area contributed by atoms with Gasteiger partial charge in [-0.3, -0.25) is 15.1 Å². The molecule has 8 heteroatoms. The Labute approximate surface area is 195 Å². The fourth-order valence-corrected chi connectivity index (χ4v) is 3.06. The number of carbonyl (C=O) groups excluding carboxylic acids is 1. The minimum atomic E-state index is -0.331. The van der Waals surface area contributed by atoms with Crippen molar-refractivity contribution in [2.75, 3.05) is 11.9 Å². The molecular formula is C23H18Cl3N3O2. The Hall–Kier alpha value is -2.83. The first kappa shape index (κ1) is 22.8. The van der Waals surface area contributed by atoms with E-state index in [-0.39, 0.29) is 22.2 Å². The van der Waals surface area contributed by atoms with Crippen LogP contribution in [0, 0.1) is 0 Å². The molecule has 0 fully saturated rings. The normalized spacial score (nSPS) is 10.3. The average molecular weight is 475 g/mol. The number of hydroxylamine groups is 1. The van der Waals surface area contributed by atoms with Crippen LogP contribution in [0.2, 0.25) is 5.15 Å². The zero-order valence-electron chi connectivity index (χ0n) is 16.2. The minimum absolute atomic E-state index is 0.133. The number of pyridine rings is 1. The smallest absolute Gasteiger partial charge is 0.258 e. The lowest BCUT2D eigenvalue weighted by Crippen LogP contribution is -2.13. The van der Waals surface area contributed by atoms with Gasteiger partial charge in [0.15, 0.2) is 0 Å². The number of carbonyl (C=O) groups is 1. The van der Waals surface area contributed by atoms with Crippen molar-refractivity contribution >= 4 is 52.1 Å². The molecule has 0 saturated heterocycles. The molecule has 0 radical (unpaired) electrons. The lowest BCUT2D eigenvalue weighted by atomic mass is 10.0. The van der Waals surface area contributed by atoms with Crippen molar-refractivity contribution in [1.29, 1.82) is 0 Å². The molecule has 31 heavy (non-hydrogen) atoms. The maximum Gasteiger partial charge on any atom is 0.258 e. The molecule has 1 amide bonds. The van der Waals surface area contributed by atoms with Crippen LogP contribution in [-0.2, 0) is 4.84 Å². The summed E-state index contributed by atoms with van der Waals surface area (Å²) < 4.78 is 0.133. The molecule has 3 rings (SSSR count). The number of benzene rings is 2. The van der Waals surface area contributed by atoms with E-state index in [9.17, 15) is 4.79 Å². The average Bonchev–Trinajstić information content (AvgIpc) is 2.77. The maximum atomic E-state index is 12.6. The second-order valence-corrected chi connectivity index (χ2v) is 7.67. The van der Waals surface area contributed by atoms with Gasteiger partial charge >= 0.3 is 0 Å². The Bertz CT molecular complexity index is 1110. The number of hydrogen-bond donors (Lipinski definition) is 2.